The van der Waals surface area contributed by atoms with Crippen molar-refractivity contribution in [2.75, 3.05) is 0 Å². The summed E-state index contributed by atoms with van der Waals surface area (Å²) in [5, 5.41) is 2.92. The van der Waals surface area contributed by atoms with Gasteiger partial charge in [0.25, 0.3) is 0 Å². The molecule has 1 amide bonds. The first-order chi connectivity index (χ1) is 6.10. The zero-order chi connectivity index (χ0) is 10.3. The molecule has 0 radical (unpaired) electrons. The van der Waals surface area contributed by atoms with Crippen LogP contribution in [0.15, 0.2) is 12.2 Å². The third-order valence-corrected chi connectivity index (χ3v) is 2.16. The van der Waals surface area contributed by atoms with Gasteiger partial charge in [0.1, 0.15) is 0 Å². The fourth-order valence-corrected chi connectivity index (χ4v) is 1.27. The van der Waals surface area contributed by atoms with E-state index in [1.807, 2.05) is 13.8 Å². The van der Waals surface area contributed by atoms with E-state index in [2.05, 4.69) is 19.2 Å². The molecule has 0 rings (SSSR count). The van der Waals surface area contributed by atoms with Crippen molar-refractivity contribution in [1.82, 2.24) is 5.32 Å². The maximum absolute atomic E-state index is 11.1. The molecule has 0 aromatic carbocycles. The van der Waals surface area contributed by atoms with Crippen molar-refractivity contribution in [2.24, 2.45) is 5.92 Å². The van der Waals surface area contributed by atoms with Crippen molar-refractivity contribution in [1.29, 1.82) is 0 Å². The van der Waals surface area contributed by atoms with Crippen LogP contribution in [0.25, 0.3) is 0 Å². The van der Waals surface area contributed by atoms with E-state index in [4.69, 9.17) is 0 Å². The fraction of sp³-hybridized carbons (Fsp3) is 0.727. The van der Waals surface area contributed by atoms with E-state index in [-0.39, 0.29) is 11.9 Å². The summed E-state index contributed by atoms with van der Waals surface area (Å²) in [5.74, 6) is 0.694. The van der Waals surface area contributed by atoms with E-state index >= 15 is 0 Å². The molecular formula is C11H21NO. The van der Waals surface area contributed by atoms with Gasteiger partial charge >= 0.3 is 0 Å². The smallest absolute Gasteiger partial charge is 0.243 e. The summed E-state index contributed by atoms with van der Waals surface area (Å²) in [7, 11) is 0. The molecule has 0 heterocycles. The summed E-state index contributed by atoms with van der Waals surface area (Å²) in [6.45, 7) is 8.27. The first-order valence-electron chi connectivity index (χ1n) is 5.03. The number of hydrogen-bond acceptors (Lipinski definition) is 1. The van der Waals surface area contributed by atoms with E-state index < -0.39 is 0 Å². The quantitative estimate of drug-likeness (QED) is 0.652. The first-order valence-corrected chi connectivity index (χ1v) is 5.03. The fourth-order valence-electron chi connectivity index (χ4n) is 1.27. The van der Waals surface area contributed by atoms with Gasteiger partial charge in [-0.15, -0.1) is 0 Å². The second-order valence-electron chi connectivity index (χ2n) is 3.66. The molecule has 0 spiro atoms. The highest BCUT2D eigenvalue weighted by molar-refractivity contribution is 5.87. The van der Waals surface area contributed by atoms with Crippen molar-refractivity contribution >= 4 is 5.91 Å². The van der Waals surface area contributed by atoms with Crippen molar-refractivity contribution in [2.45, 2.75) is 46.6 Å². The van der Waals surface area contributed by atoms with E-state index in [1.54, 1.807) is 12.2 Å². The lowest BCUT2D eigenvalue weighted by atomic mass is 10.0. The van der Waals surface area contributed by atoms with Gasteiger partial charge in [-0.05, 0) is 32.3 Å². The second kappa shape index (κ2) is 6.70. The summed E-state index contributed by atoms with van der Waals surface area (Å²) in [6, 6.07) is 0.277. The summed E-state index contributed by atoms with van der Waals surface area (Å²) >= 11 is 0. The Balaban J connectivity index is 3.73. The largest absolute Gasteiger partial charge is 0.350 e. The van der Waals surface area contributed by atoms with Crippen LogP contribution in [0.2, 0.25) is 0 Å². The Hall–Kier alpha value is -0.790. The molecule has 2 nitrogen and oxygen atoms in total. The minimum absolute atomic E-state index is 0.0123. The molecule has 0 saturated carbocycles. The van der Waals surface area contributed by atoms with Crippen LogP contribution >= 0.6 is 0 Å². The lowest BCUT2D eigenvalue weighted by molar-refractivity contribution is -0.117. The molecule has 0 bridgehead atoms. The highest BCUT2D eigenvalue weighted by atomic mass is 16.1. The van der Waals surface area contributed by atoms with Gasteiger partial charge in [0.15, 0.2) is 0 Å². The number of amides is 1. The van der Waals surface area contributed by atoms with Crippen LogP contribution in [-0.4, -0.2) is 11.9 Å². The molecular weight excluding hydrogens is 162 g/mol. The lowest BCUT2D eigenvalue weighted by Crippen LogP contribution is -2.32. The van der Waals surface area contributed by atoms with Gasteiger partial charge in [0, 0.05) is 6.04 Å². The molecule has 2 unspecified atom stereocenters. The third-order valence-electron chi connectivity index (χ3n) is 2.16. The topological polar surface area (TPSA) is 29.1 Å². The van der Waals surface area contributed by atoms with Crippen LogP contribution in [0.1, 0.15) is 40.5 Å². The number of nitrogens with one attached hydrogen (secondary N) is 1. The summed E-state index contributed by atoms with van der Waals surface area (Å²) in [5.41, 5.74) is 0. The minimum Gasteiger partial charge on any atom is -0.350 e. The van der Waals surface area contributed by atoms with E-state index in [0.29, 0.717) is 5.92 Å². The van der Waals surface area contributed by atoms with Crippen molar-refractivity contribution in [3.8, 4) is 0 Å². The zero-order valence-electron chi connectivity index (χ0n) is 9.13. The maximum atomic E-state index is 11.1. The molecule has 1 N–H and O–H groups in total. The molecule has 0 fully saturated rings. The predicted octanol–water partition coefficient (Wildman–Crippen LogP) is 2.50. The summed E-state index contributed by atoms with van der Waals surface area (Å²) in [6.07, 6.45) is 5.54. The standard InChI is InChI=1S/C11H21NO/c1-5-7-11(13)12-10(4)8-9(3)6-2/h5,7,9-10H,6,8H2,1-4H3,(H,12,13). The number of rotatable bonds is 5. The Morgan fingerprint density at radius 2 is 2.08 bits per heavy atom. The van der Waals surface area contributed by atoms with Crippen LogP contribution in [0, 0.1) is 5.92 Å². The first kappa shape index (κ1) is 12.2. The van der Waals surface area contributed by atoms with Gasteiger partial charge in [-0.2, -0.15) is 0 Å². The molecule has 13 heavy (non-hydrogen) atoms. The van der Waals surface area contributed by atoms with Gasteiger partial charge in [0.05, 0.1) is 0 Å². The summed E-state index contributed by atoms with van der Waals surface area (Å²) < 4.78 is 0. The van der Waals surface area contributed by atoms with E-state index in [0.717, 1.165) is 6.42 Å². The SMILES string of the molecule is CC=CC(=O)NC(C)CC(C)CC. The third kappa shape index (κ3) is 6.38. The zero-order valence-corrected chi connectivity index (χ0v) is 9.13. The van der Waals surface area contributed by atoms with Crippen molar-refractivity contribution < 1.29 is 4.79 Å². The second-order valence-corrected chi connectivity index (χ2v) is 3.66. The average molecular weight is 183 g/mol. The average Bonchev–Trinajstić information content (AvgIpc) is 2.04. The van der Waals surface area contributed by atoms with Crippen molar-refractivity contribution in [3.63, 3.8) is 0 Å². The molecule has 0 aliphatic heterocycles. The van der Waals surface area contributed by atoms with Gasteiger partial charge in [0.2, 0.25) is 5.91 Å². The molecule has 76 valence electrons. The Labute approximate surface area is 81.4 Å². The summed E-state index contributed by atoms with van der Waals surface area (Å²) in [4.78, 5) is 11.1. The molecule has 0 aliphatic carbocycles. The molecule has 2 heteroatoms. The van der Waals surface area contributed by atoms with Gasteiger partial charge < -0.3 is 5.32 Å². The number of carbonyl (C=O) groups excluding carboxylic acids is 1. The van der Waals surface area contributed by atoms with Gasteiger partial charge in [-0.1, -0.05) is 26.3 Å². The van der Waals surface area contributed by atoms with Gasteiger partial charge in [-0.3, -0.25) is 4.79 Å². The monoisotopic (exact) mass is 183 g/mol. The number of hydrogen-bond donors (Lipinski definition) is 1. The van der Waals surface area contributed by atoms with Crippen LogP contribution in [0.5, 0.6) is 0 Å². The van der Waals surface area contributed by atoms with E-state index in [1.165, 1.54) is 6.42 Å². The Morgan fingerprint density at radius 1 is 1.46 bits per heavy atom. The lowest BCUT2D eigenvalue weighted by Gasteiger charge is -2.16. The molecule has 0 aliphatic rings. The van der Waals surface area contributed by atoms with Gasteiger partial charge in [-0.25, -0.2) is 0 Å². The Morgan fingerprint density at radius 3 is 2.54 bits per heavy atom. The maximum Gasteiger partial charge on any atom is 0.243 e. The molecule has 2 atom stereocenters. The molecule has 0 aromatic rings. The molecule has 0 aromatic heterocycles. The van der Waals surface area contributed by atoms with Crippen LogP contribution < -0.4 is 5.32 Å². The normalized spacial score (nSPS) is 15.7. The van der Waals surface area contributed by atoms with Crippen molar-refractivity contribution in [3.05, 3.63) is 12.2 Å². The van der Waals surface area contributed by atoms with E-state index in [9.17, 15) is 4.79 Å². The molecule has 0 saturated heterocycles. The predicted molar refractivity (Wildman–Crippen MR) is 56.5 cm³/mol. The van der Waals surface area contributed by atoms with Crippen LogP contribution in [0.3, 0.4) is 0 Å². The highest BCUT2D eigenvalue weighted by Gasteiger charge is 2.07. The minimum atomic E-state index is 0.0123. The number of allylic oxidation sites excluding steroid dienone is 1. The van der Waals surface area contributed by atoms with Crippen LogP contribution in [-0.2, 0) is 4.79 Å². The Bertz CT molecular complexity index is 175. The van der Waals surface area contributed by atoms with Crippen LogP contribution in [0.4, 0.5) is 0 Å². The highest BCUT2D eigenvalue weighted by Crippen LogP contribution is 2.09. The Kier molecular flexibility index (Phi) is 6.29. The number of carbonyl (C=O) groups is 1.